The lowest BCUT2D eigenvalue weighted by molar-refractivity contribution is 0.228. The van der Waals surface area contributed by atoms with Crippen molar-refractivity contribution in [1.82, 2.24) is 10.2 Å². The van der Waals surface area contributed by atoms with E-state index in [-0.39, 0.29) is 0 Å². The Morgan fingerprint density at radius 1 is 1.21 bits per heavy atom. The number of likely N-dealkylation sites (tertiary alicyclic amines) is 1. The van der Waals surface area contributed by atoms with Gasteiger partial charge in [0.1, 0.15) is 12.4 Å². The summed E-state index contributed by atoms with van der Waals surface area (Å²) in [4.78, 5) is 2.50. The van der Waals surface area contributed by atoms with Crippen molar-refractivity contribution in [2.75, 3.05) is 39.3 Å². The maximum absolute atomic E-state index is 8.72. The summed E-state index contributed by atoms with van der Waals surface area (Å²) in [6, 6.07) is 9.42. The zero-order valence-corrected chi connectivity index (χ0v) is 11.0. The summed E-state index contributed by atoms with van der Waals surface area (Å²) in [6.45, 7) is 6.48. The van der Waals surface area contributed by atoms with Crippen molar-refractivity contribution in [3.63, 3.8) is 0 Å². The molecule has 0 amide bonds. The molecule has 0 spiro atoms. The van der Waals surface area contributed by atoms with E-state index in [2.05, 4.69) is 16.3 Å². The largest absolute Gasteiger partial charge is 0.492 e. The molecule has 1 N–H and O–H groups in total. The van der Waals surface area contributed by atoms with Crippen LogP contribution in [-0.2, 0) is 0 Å². The minimum absolute atomic E-state index is 0.673. The Kier molecular flexibility index (Phi) is 3.67. The van der Waals surface area contributed by atoms with Crippen molar-refractivity contribution in [3.8, 4) is 11.8 Å². The van der Waals surface area contributed by atoms with Crippen LogP contribution in [0.1, 0.15) is 5.56 Å². The number of benzene rings is 1. The van der Waals surface area contributed by atoms with Crippen LogP contribution in [0.4, 0.5) is 0 Å². The zero-order chi connectivity index (χ0) is 13.1. The third-order valence-electron chi connectivity index (χ3n) is 4.12. The van der Waals surface area contributed by atoms with Gasteiger partial charge in [0.2, 0.25) is 0 Å². The van der Waals surface area contributed by atoms with E-state index < -0.39 is 0 Å². The quantitative estimate of drug-likeness (QED) is 0.877. The second kappa shape index (κ2) is 5.60. The van der Waals surface area contributed by atoms with Crippen molar-refractivity contribution in [1.29, 1.82) is 5.26 Å². The predicted octanol–water partition coefficient (Wildman–Crippen LogP) is 1.09. The molecule has 2 aliphatic rings. The zero-order valence-electron chi connectivity index (χ0n) is 11.0. The van der Waals surface area contributed by atoms with Gasteiger partial charge in [-0.05, 0) is 49.2 Å². The number of hydrogen-bond donors (Lipinski definition) is 1. The number of fused-ring (bicyclic) bond motifs is 1. The maximum atomic E-state index is 8.72. The van der Waals surface area contributed by atoms with E-state index >= 15 is 0 Å². The minimum Gasteiger partial charge on any atom is -0.492 e. The molecular weight excluding hydrogens is 238 g/mol. The van der Waals surface area contributed by atoms with Gasteiger partial charge in [0.15, 0.2) is 0 Å². The van der Waals surface area contributed by atoms with Crippen molar-refractivity contribution >= 4 is 0 Å². The van der Waals surface area contributed by atoms with E-state index in [9.17, 15) is 0 Å². The van der Waals surface area contributed by atoms with E-state index in [1.165, 1.54) is 26.2 Å². The van der Waals surface area contributed by atoms with Gasteiger partial charge in [-0.15, -0.1) is 0 Å². The first kappa shape index (κ1) is 12.5. The minimum atomic E-state index is 0.673. The molecule has 2 heterocycles. The van der Waals surface area contributed by atoms with Gasteiger partial charge in [-0.3, -0.25) is 4.90 Å². The molecule has 0 bridgehead atoms. The lowest BCUT2D eigenvalue weighted by atomic mass is 10.0. The van der Waals surface area contributed by atoms with E-state index in [4.69, 9.17) is 10.00 Å². The Balaban J connectivity index is 1.42. The molecule has 3 rings (SSSR count). The first-order valence-electron chi connectivity index (χ1n) is 6.91. The number of nitrogens with zero attached hydrogens (tertiary/aromatic N) is 2. The molecule has 100 valence electrons. The SMILES string of the molecule is N#Cc1ccc(OCCN2C[C@H]3CNC[C@H]3C2)cc1. The van der Waals surface area contributed by atoms with Crippen LogP contribution in [0.2, 0.25) is 0 Å². The Bertz CT molecular complexity index is 453. The van der Waals surface area contributed by atoms with Crippen molar-refractivity contribution < 1.29 is 4.74 Å². The Morgan fingerprint density at radius 2 is 1.89 bits per heavy atom. The van der Waals surface area contributed by atoms with Crippen molar-refractivity contribution in [3.05, 3.63) is 29.8 Å². The van der Waals surface area contributed by atoms with Gasteiger partial charge in [0.25, 0.3) is 0 Å². The summed E-state index contributed by atoms with van der Waals surface area (Å²) < 4.78 is 5.72. The standard InChI is InChI=1S/C15H19N3O/c16-7-12-1-3-15(4-2-12)19-6-5-18-10-13-8-17-9-14(13)11-18/h1-4,13-14,17H,5-6,8-11H2/t13-,14+. The fourth-order valence-corrected chi connectivity index (χ4v) is 3.05. The summed E-state index contributed by atoms with van der Waals surface area (Å²) >= 11 is 0. The van der Waals surface area contributed by atoms with Crippen LogP contribution in [0.3, 0.4) is 0 Å². The first-order valence-corrected chi connectivity index (χ1v) is 6.91. The lowest BCUT2D eigenvalue weighted by Gasteiger charge is -2.17. The summed E-state index contributed by atoms with van der Waals surface area (Å²) in [5.41, 5.74) is 0.673. The lowest BCUT2D eigenvalue weighted by Crippen LogP contribution is -2.29. The van der Waals surface area contributed by atoms with Crippen molar-refractivity contribution in [2.24, 2.45) is 11.8 Å². The topological polar surface area (TPSA) is 48.3 Å². The molecule has 19 heavy (non-hydrogen) atoms. The number of rotatable bonds is 4. The molecular formula is C15H19N3O. The molecule has 0 saturated carbocycles. The molecule has 4 nitrogen and oxygen atoms in total. The number of ether oxygens (including phenoxy) is 1. The highest BCUT2D eigenvalue weighted by molar-refractivity contribution is 5.34. The van der Waals surface area contributed by atoms with Gasteiger partial charge in [0, 0.05) is 19.6 Å². The van der Waals surface area contributed by atoms with Crippen LogP contribution in [-0.4, -0.2) is 44.2 Å². The second-order valence-corrected chi connectivity index (χ2v) is 5.42. The van der Waals surface area contributed by atoms with Crippen LogP contribution >= 0.6 is 0 Å². The van der Waals surface area contributed by atoms with Gasteiger partial charge in [-0.25, -0.2) is 0 Å². The summed E-state index contributed by atoms with van der Waals surface area (Å²) in [6.07, 6.45) is 0. The molecule has 0 aliphatic carbocycles. The third kappa shape index (κ3) is 2.89. The van der Waals surface area contributed by atoms with Gasteiger partial charge in [-0.2, -0.15) is 5.26 Å². The second-order valence-electron chi connectivity index (χ2n) is 5.42. The maximum Gasteiger partial charge on any atom is 0.119 e. The predicted molar refractivity (Wildman–Crippen MR) is 72.9 cm³/mol. The number of nitriles is 1. The molecule has 1 aromatic rings. The van der Waals surface area contributed by atoms with Crippen LogP contribution < -0.4 is 10.1 Å². The fourth-order valence-electron chi connectivity index (χ4n) is 3.05. The van der Waals surface area contributed by atoms with Crippen LogP contribution in [0.15, 0.2) is 24.3 Å². The van der Waals surface area contributed by atoms with E-state index in [0.717, 1.165) is 30.7 Å². The molecule has 4 heteroatoms. The van der Waals surface area contributed by atoms with Crippen LogP contribution in [0.25, 0.3) is 0 Å². The molecule has 0 aromatic heterocycles. The smallest absolute Gasteiger partial charge is 0.119 e. The van der Waals surface area contributed by atoms with Crippen LogP contribution in [0.5, 0.6) is 5.75 Å². The van der Waals surface area contributed by atoms with Gasteiger partial charge < -0.3 is 10.1 Å². The first-order chi connectivity index (χ1) is 9.35. The fraction of sp³-hybridized carbons (Fsp3) is 0.533. The highest BCUT2D eigenvalue weighted by atomic mass is 16.5. The molecule has 2 fully saturated rings. The Morgan fingerprint density at radius 3 is 2.53 bits per heavy atom. The molecule has 0 radical (unpaired) electrons. The average molecular weight is 257 g/mol. The molecule has 2 atom stereocenters. The molecule has 2 aliphatic heterocycles. The van der Waals surface area contributed by atoms with Crippen molar-refractivity contribution in [2.45, 2.75) is 0 Å². The highest BCUT2D eigenvalue weighted by Crippen LogP contribution is 2.25. The summed E-state index contributed by atoms with van der Waals surface area (Å²) in [5.74, 6) is 2.53. The Labute approximate surface area is 114 Å². The number of hydrogen-bond acceptors (Lipinski definition) is 4. The van der Waals surface area contributed by atoms with E-state index in [1.54, 1.807) is 12.1 Å². The average Bonchev–Trinajstić information content (AvgIpc) is 3.00. The number of nitrogens with one attached hydrogen (secondary N) is 1. The summed E-state index contributed by atoms with van der Waals surface area (Å²) in [5, 5.41) is 12.2. The molecule has 0 unspecified atom stereocenters. The normalized spacial score (nSPS) is 26.1. The van der Waals surface area contributed by atoms with E-state index in [1.807, 2.05) is 12.1 Å². The van der Waals surface area contributed by atoms with Gasteiger partial charge in [-0.1, -0.05) is 0 Å². The summed E-state index contributed by atoms with van der Waals surface area (Å²) in [7, 11) is 0. The molecule has 2 saturated heterocycles. The molecule has 1 aromatic carbocycles. The highest BCUT2D eigenvalue weighted by Gasteiger charge is 2.35. The van der Waals surface area contributed by atoms with Gasteiger partial charge in [0.05, 0.1) is 11.6 Å². The van der Waals surface area contributed by atoms with E-state index in [0.29, 0.717) is 5.56 Å². The Hall–Kier alpha value is -1.57. The third-order valence-corrected chi connectivity index (χ3v) is 4.12. The van der Waals surface area contributed by atoms with Gasteiger partial charge >= 0.3 is 0 Å². The monoisotopic (exact) mass is 257 g/mol. The van der Waals surface area contributed by atoms with Crippen LogP contribution in [0, 0.1) is 23.2 Å².